The fraction of sp³-hybridized carbons (Fsp3) is 0.294. The average Bonchev–Trinajstić information content (AvgIpc) is 1.63. The van der Waals surface area contributed by atoms with Gasteiger partial charge in [0, 0.05) is 73.0 Å². The number of nitrogens with two attached hydrogens (primary N) is 5. The van der Waals surface area contributed by atoms with Crippen LogP contribution >= 0.6 is 120 Å². The molecule has 0 atom stereocenters. The molecule has 15 heterocycles. The van der Waals surface area contributed by atoms with Gasteiger partial charge in [-0.05, 0) is 136 Å². The smallest absolute Gasteiger partial charge is 0.331 e. The van der Waals surface area contributed by atoms with E-state index in [9.17, 15) is 24.0 Å². The van der Waals surface area contributed by atoms with Gasteiger partial charge >= 0.3 is 28.4 Å². The third-order valence-corrected chi connectivity index (χ3v) is 25.7. The van der Waals surface area contributed by atoms with Crippen molar-refractivity contribution in [3.05, 3.63) is 211 Å². The highest BCUT2D eigenvalue weighted by atomic mass is 127. The lowest BCUT2D eigenvalue weighted by molar-refractivity contribution is 0.406. The van der Waals surface area contributed by atoms with E-state index >= 15 is 0 Å². The van der Waals surface area contributed by atoms with Gasteiger partial charge in [-0.2, -0.15) is 49.8 Å². The van der Waals surface area contributed by atoms with E-state index in [4.69, 9.17) is 134 Å². The van der Waals surface area contributed by atoms with Crippen LogP contribution in [0.2, 0.25) is 35.8 Å². The highest BCUT2D eigenvalue weighted by molar-refractivity contribution is 14.1. The number of aryl methyl sites for hydroxylation is 5. The molecular formula is C85H81BrCl7IN30O6. The number of imidazole rings is 5. The number of pyridine rings is 5. The molecule has 0 aromatic carbocycles. The van der Waals surface area contributed by atoms with E-state index in [2.05, 4.69) is 155 Å². The first-order valence-electron chi connectivity index (χ1n) is 39.0. The van der Waals surface area contributed by atoms with Crippen LogP contribution in [-0.4, -0.2) is 128 Å². The van der Waals surface area contributed by atoms with Crippen LogP contribution in [0.4, 0.5) is 29.7 Å². The van der Waals surface area contributed by atoms with E-state index in [1.54, 1.807) is 38.1 Å². The van der Waals surface area contributed by atoms with E-state index in [1.165, 1.54) is 45.7 Å². The molecule has 0 aliphatic heterocycles. The molecule has 0 bridgehead atoms. The molecule has 10 N–H and O–H groups in total. The number of halogens is 9. The maximum atomic E-state index is 13.1. The third-order valence-electron chi connectivity index (χ3n) is 20.3. The molecular weight excluding hydrogens is 1990 g/mol. The minimum Gasteiger partial charge on any atom is -0.496 e. The predicted molar refractivity (Wildman–Crippen MR) is 520 cm³/mol. The summed E-state index contributed by atoms with van der Waals surface area (Å²) in [5.41, 5.74) is 43.2. The maximum absolute atomic E-state index is 13.1. The molecule has 0 amide bonds. The molecule has 15 rings (SSSR count). The third kappa shape index (κ3) is 20.2. The molecule has 0 saturated heterocycles. The number of terminal acetylenes is 3. The molecule has 0 spiro atoms. The van der Waals surface area contributed by atoms with Crippen LogP contribution in [0.15, 0.2) is 59.4 Å². The van der Waals surface area contributed by atoms with Gasteiger partial charge in [-0.25, -0.2) is 24.0 Å². The van der Waals surface area contributed by atoms with Crippen LogP contribution < -0.4 is 61.9 Å². The van der Waals surface area contributed by atoms with Crippen LogP contribution in [-0.2, 0) is 65.4 Å². The lowest BCUT2D eigenvalue weighted by atomic mass is 10.1. The number of hydrogen-bond acceptors (Lipinski definition) is 26. The summed E-state index contributed by atoms with van der Waals surface area (Å²) in [5.74, 6) is 19.8. The zero-order valence-electron chi connectivity index (χ0n) is 72.0. The van der Waals surface area contributed by atoms with Gasteiger partial charge in [0.15, 0.2) is 54.0 Å². The molecule has 0 saturated carbocycles. The van der Waals surface area contributed by atoms with Gasteiger partial charge in [0.05, 0.1) is 101 Å². The number of ether oxygens (including phenoxy) is 1. The molecule has 130 heavy (non-hydrogen) atoms. The zero-order chi connectivity index (χ0) is 95.0. The number of methoxy groups -OCH3 is 1. The van der Waals surface area contributed by atoms with E-state index in [1.807, 2.05) is 83.1 Å². The lowest BCUT2D eigenvalue weighted by Gasteiger charge is -2.12. The summed E-state index contributed by atoms with van der Waals surface area (Å²) >= 11 is 49.5. The molecule has 0 fully saturated rings. The highest BCUT2D eigenvalue weighted by Gasteiger charge is 2.28. The normalized spacial score (nSPS) is 10.9. The van der Waals surface area contributed by atoms with E-state index in [0.29, 0.717) is 95.8 Å². The van der Waals surface area contributed by atoms with Crippen LogP contribution in [0.1, 0.15) is 111 Å². The van der Waals surface area contributed by atoms with Crippen LogP contribution in [0, 0.1) is 134 Å². The van der Waals surface area contributed by atoms with Crippen LogP contribution in [0.25, 0.3) is 55.8 Å². The van der Waals surface area contributed by atoms with Crippen molar-refractivity contribution in [1.29, 1.82) is 0 Å². The molecule has 670 valence electrons. The zero-order valence-corrected chi connectivity index (χ0v) is 81.1. The van der Waals surface area contributed by atoms with Crippen molar-refractivity contribution in [1.82, 2.24) is 120 Å². The molecule has 45 heteroatoms. The quantitative estimate of drug-likeness (QED) is 0.0341. The molecule has 0 aliphatic carbocycles. The number of nitrogens with zero attached hydrogens (tertiary/aromatic N) is 25. The van der Waals surface area contributed by atoms with E-state index in [-0.39, 0.29) is 149 Å². The van der Waals surface area contributed by atoms with Crippen molar-refractivity contribution >= 4 is 205 Å². The predicted octanol–water partition coefficient (Wildman–Crippen LogP) is 11.9. The Bertz CT molecular complexity index is 7270. The standard InChI is InChI=1S/C19H21ClN6O2.C18H18Cl2N6O.C16H14BrClN6O.C16H14Cl2N6O.C16H14ClIN6O/c1-5-6-7-8-25-14-16(20)23-18(21)24-17(14)26(19(25)27)10-13-12(3)15(28-4)11(2)9-22-13;1-4-5-6-7-25-14-15(20)23-17(21)24-16(14)26(18(25)27)9-12-11(3)13(19)10(2)8-22-12;2*1-4-5-23-12-13(18)21-15(19)22-14(12)24(16(23)25)7-10-9(3)11(17)8(2)6-20-10;1-4-5-23-12-13(17)21-15(19)22-14(12)24(16(23)25)7-10-9(3)11(18)8(2)6-20-10/h9H,5,8,10H2,1-4H3,(H2,21,23,24);8H,4,7,9H2,1-3H3,(H2,21,23,24);3*1,6H,5,7H2,2-3H3,(H2,19,21,22). The van der Waals surface area contributed by atoms with Gasteiger partial charge in [0.2, 0.25) is 29.7 Å². The van der Waals surface area contributed by atoms with Crippen molar-refractivity contribution in [3.63, 3.8) is 0 Å². The largest absolute Gasteiger partial charge is 0.496 e. The van der Waals surface area contributed by atoms with Gasteiger partial charge < -0.3 is 33.4 Å². The summed E-state index contributed by atoms with van der Waals surface area (Å²) in [4.78, 5) is 128. The highest BCUT2D eigenvalue weighted by Crippen LogP contribution is 2.33. The molecule has 36 nitrogen and oxygen atoms in total. The maximum Gasteiger partial charge on any atom is 0.331 e. The minimum atomic E-state index is -0.368. The Hall–Kier alpha value is -12.7. The number of hydrogen-bond donors (Lipinski definition) is 5. The molecule has 0 aliphatic rings. The Labute approximate surface area is 799 Å². The van der Waals surface area contributed by atoms with Crippen molar-refractivity contribution in [2.24, 2.45) is 0 Å². The Morgan fingerprint density at radius 1 is 0.346 bits per heavy atom. The number of nitrogen functional groups attached to an aromatic ring is 5. The number of fused-ring (bicyclic) bond motifs is 5. The first-order valence-corrected chi connectivity index (χ1v) is 43.5. The second-order valence-corrected chi connectivity index (χ2v) is 33.3. The van der Waals surface area contributed by atoms with E-state index < -0.39 is 0 Å². The van der Waals surface area contributed by atoms with Gasteiger partial charge in [0.1, 0.15) is 33.3 Å². The fourth-order valence-corrected chi connectivity index (χ4v) is 16.2. The summed E-state index contributed by atoms with van der Waals surface area (Å²) in [6, 6.07) is 0. The topological polar surface area (TPSA) is 467 Å². The van der Waals surface area contributed by atoms with Gasteiger partial charge in [-0.1, -0.05) is 141 Å². The van der Waals surface area contributed by atoms with Crippen molar-refractivity contribution in [2.75, 3.05) is 35.8 Å². The number of anilines is 5. The van der Waals surface area contributed by atoms with E-state index in [0.717, 1.165) is 80.8 Å². The lowest BCUT2D eigenvalue weighted by Crippen LogP contribution is -2.25. The van der Waals surface area contributed by atoms with Gasteiger partial charge in [0.25, 0.3) is 0 Å². The monoisotopic (exact) mass is 2070 g/mol. The van der Waals surface area contributed by atoms with Gasteiger partial charge in [-0.15, -0.1) is 31.1 Å². The molecule has 0 radical (unpaired) electrons. The summed E-state index contributed by atoms with van der Waals surface area (Å²) in [5, 5.41) is 1.71. The van der Waals surface area contributed by atoms with Crippen LogP contribution in [0.5, 0.6) is 5.75 Å². The average molecular weight is 2070 g/mol. The number of aromatic nitrogens is 25. The summed E-state index contributed by atoms with van der Waals surface area (Å²) < 4.78 is 21.8. The molecule has 0 unspecified atom stereocenters. The Morgan fingerprint density at radius 3 is 0.869 bits per heavy atom. The van der Waals surface area contributed by atoms with Crippen molar-refractivity contribution in [3.8, 4) is 66.5 Å². The Morgan fingerprint density at radius 2 is 0.592 bits per heavy atom. The van der Waals surface area contributed by atoms with Crippen molar-refractivity contribution in [2.45, 2.75) is 161 Å². The first kappa shape index (κ1) is 97.9. The summed E-state index contributed by atoms with van der Waals surface area (Å²) in [7, 11) is 1.61. The summed E-state index contributed by atoms with van der Waals surface area (Å²) in [6.45, 7) is 24.5. The summed E-state index contributed by atoms with van der Waals surface area (Å²) in [6.07, 6.45) is 26.1. The molecule has 15 aromatic rings. The van der Waals surface area contributed by atoms with Crippen molar-refractivity contribution < 1.29 is 4.74 Å². The van der Waals surface area contributed by atoms with Crippen LogP contribution in [0.3, 0.4) is 0 Å². The Balaban J connectivity index is 0.000000157. The molecule has 15 aromatic heterocycles. The number of rotatable bonds is 16. The SMILES string of the molecule is C#CCn1c(=O)n(Cc2ncc(C)c(Br)c2C)c2nc(N)nc(Cl)c21.C#CCn1c(=O)n(Cc2ncc(C)c(Cl)c2C)c2nc(N)nc(Cl)c21.C#CCn1c(=O)n(Cc2ncc(C)c(I)c2C)c2nc(N)nc(Cl)c21.CCC#CCn1c(=O)n(Cc2ncc(C)c(Cl)c2C)c2nc(N)nc(Cl)c21.CCC#CCn1c(=O)n(Cc2ncc(C)c(OC)c2C)c2nc(N)nc(Cl)c21. The fourth-order valence-electron chi connectivity index (χ4n) is 13.8. The second kappa shape index (κ2) is 41.8. The van der Waals surface area contributed by atoms with Gasteiger partial charge in [-0.3, -0.25) is 70.6 Å². The Kier molecular flexibility index (Phi) is 31.5. The first-order chi connectivity index (χ1) is 61.8. The second-order valence-electron chi connectivity index (χ2n) is 28.9. The minimum absolute atomic E-state index is 0.00536.